The molecule has 7 heteroatoms. The Hall–Kier alpha value is -2.38. The van der Waals surface area contributed by atoms with E-state index < -0.39 is 0 Å². The van der Waals surface area contributed by atoms with E-state index in [9.17, 15) is 0 Å². The Labute approximate surface area is 154 Å². The molecule has 0 saturated carbocycles. The van der Waals surface area contributed by atoms with Gasteiger partial charge in [0.2, 0.25) is 0 Å². The maximum Gasteiger partial charge on any atom is 0.146 e. The third-order valence-electron chi connectivity index (χ3n) is 3.44. The Bertz CT molecular complexity index is 698. The van der Waals surface area contributed by atoms with Gasteiger partial charge < -0.3 is 15.0 Å². The summed E-state index contributed by atoms with van der Waals surface area (Å²) in [6.45, 7) is 5.45. The fraction of sp³-hybridized carbons (Fsp3) is 0.333. The molecular formula is C18H27N5OS. The highest BCUT2D eigenvalue weighted by Gasteiger charge is 2.21. The molecule has 0 radical (unpaired) electrons. The van der Waals surface area contributed by atoms with Crippen LogP contribution in [0.5, 0.6) is 0 Å². The zero-order valence-corrected chi connectivity index (χ0v) is 16.0. The van der Waals surface area contributed by atoms with Crippen molar-refractivity contribution in [2.75, 3.05) is 32.6 Å². The van der Waals surface area contributed by atoms with Crippen LogP contribution in [-0.4, -0.2) is 49.4 Å². The Kier molecular flexibility index (Phi) is 9.28. The Morgan fingerprint density at radius 2 is 1.96 bits per heavy atom. The summed E-state index contributed by atoms with van der Waals surface area (Å²) >= 11 is 1.53. The standard InChI is InChI=1S/C10H13N.C5H3N3S.C2H7N.CH2O.H2/c1-8-7-11(2)10-6-4-3-5-9(8)10;1-4-5(7-2-6-1)9-3-8-4;1-3-2;1-2;/h3-6,8H,7H2,1-2H3;1-3H;3H,1-2H3;1H2;1H. The smallest absolute Gasteiger partial charge is 0.146 e. The highest BCUT2D eigenvalue weighted by Crippen LogP contribution is 2.33. The van der Waals surface area contributed by atoms with Gasteiger partial charge in [0.25, 0.3) is 0 Å². The van der Waals surface area contributed by atoms with E-state index in [-0.39, 0.29) is 1.43 Å². The van der Waals surface area contributed by atoms with Crippen molar-refractivity contribution in [3.05, 3.63) is 47.9 Å². The molecule has 1 unspecified atom stereocenters. The summed E-state index contributed by atoms with van der Waals surface area (Å²) in [4.78, 5) is 23.1. The molecule has 4 rings (SSSR count). The number of benzene rings is 1. The van der Waals surface area contributed by atoms with Crippen molar-refractivity contribution in [3.8, 4) is 0 Å². The van der Waals surface area contributed by atoms with E-state index in [1.165, 1.54) is 35.5 Å². The van der Waals surface area contributed by atoms with E-state index in [0.29, 0.717) is 5.92 Å². The molecule has 0 aliphatic carbocycles. The molecule has 136 valence electrons. The molecule has 1 aliphatic heterocycles. The van der Waals surface area contributed by atoms with E-state index in [0.717, 1.165) is 10.3 Å². The third-order valence-corrected chi connectivity index (χ3v) is 4.19. The van der Waals surface area contributed by atoms with Crippen LogP contribution in [0.1, 0.15) is 19.8 Å². The Morgan fingerprint density at radius 1 is 1.28 bits per heavy atom. The Balaban J connectivity index is 0.000000379. The first kappa shape index (κ1) is 20.7. The lowest BCUT2D eigenvalue weighted by atomic mass is 10.0. The summed E-state index contributed by atoms with van der Waals surface area (Å²) in [5.74, 6) is 0.705. The average molecular weight is 362 g/mol. The number of carbonyl (C=O) groups excluding carboxylic acids is 1. The van der Waals surface area contributed by atoms with Crippen LogP contribution >= 0.6 is 11.3 Å². The van der Waals surface area contributed by atoms with E-state index >= 15 is 0 Å². The number of hydrogen-bond acceptors (Lipinski definition) is 7. The number of likely N-dealkylation sites (N-methyl/N-ethyl adjacent to an activating group) is 1. The van der Waals surface area contributed by atoms with Crippen LogP contribution in [-0.2, 0) is 4.79 Å². The second-order valence-corrected chi connectivity index (χ2v) is 6.24. The van der Waals surface area contributed by atoms with Gasteiger partial charge in [0.05, 0.1) is 11.7 Å². The van der Waals surface area contributed by atoms with Gasteiger partial charge >= 0.3 is 0 Å². The minimum atomic E-state index is 0. The highest BCUT2D eigenvalue weighted by atomic mass is 32.1. The molecule has 0 amide bonds. The molecule has 0 fully saturated rings. The normalized spacial score (nSPS) is 14.2. The number of carbonyl (C=O) groups is 1. The largest absolute Gasteiger partial charge is 0.374 e. The van der Waals surface area contributed by atoms with Crippen molar-refractivity contribution in [1.82, 2.24) is 20.3 Å². The first-order chi connectivity index (χ1) is 12.2. The first-order valence-electron chi connectivity index (χ1n) is 7.84. The monoisotopic (exact) mass is 361 g/mol. The summed E-state index contributed by atoms with van der Waals surface area (Å²) in [6, 6.07) is 8.64. The molecule has 3 heterocycles. The van der Waals surface area contributed by atoms with E-state index in [1.54, 1.807) is 11.7 Å². The van der Waals surface area contributed by atoms with Crippen LogP contribution in [0.3, 0.4) is 0 Å². The quantitative estimate of drug-likeness (QED) is 0.663. The van der Waals surface area contributed by atoms with Gasteiger partial charge in [-0.2, -0.15) is 0 Å². The van der Waals surface area contributed by atoms with Crippen LogP contribution in [0, 0.1) is 0 Å². The first-order valence-corrected chi connectivity index (χ1v) is 8.72. The number of nitrogens with zero attached hydrogens (tertiary/aromatic N) is 4. The summed E-state index contributed by atoms with van der Waals surface area (Å²) in [6.07, 6.45) is 3.24. The number of nitrogens with one attached hydrogen (secondary N) is 1. The maximum absolute atomic E-state index is 8.00. The molecular weight excluding hydrogens is 334 g/mol. The summed E-state index contributed by atoms with van der Waals surface area (Å²) in [5.41, 5.74) is 5.54. The van der Waals surface area contributed by atoms with Gasteiger partial charge in [0.15, 0.2) is 0 Å². The second-order valence-electron chi connectivity index (χ2n) is 5.41. The van der Waals surface area contributed by atoms with Gasteiger partial charge in [-0.3, -0.25) is 0 Å². The number of rotatable bonds is 0. The zero-order valence-electron chi connectivity index (χ0n) is 15.1. The van der Waals surface area contributed by atoms with Crippen LogP contribution < -0.4 is 10.2 Å². The van der Waals surface area contributed by atoms with Gasteiger partial charge in [0.1, 0.15) is 23.5 Å². The number of hydrogen-bond donors (Lipinski definition) is 1. The predicted molar refractivity (Wildman–Crippen MR) is 108 cm³/mol. The fourth-order valence-corrected chi connectivity index (χ4v) is 3.08. The van der Waals surface area contributed by atoms with E-state index in [4.69, 9.17) is 4.79 Å². The highest BCUT2D eigenvalue weighted by molar-refractivity contribution is 7.16. The summed E-state index contributed by atoms with van der Waals surface area (Å²) in [5, 5.41) is 2.75. The van der Waals surface area contributed by atoms with Gasteiger partial charge in [-0.15, -0.1) is 11.3 Å². The van der Waals surface area contributed by atoms with E-state index in [1.807, 2.05) is 20.9 Å². The van der Waals surface area contributed by atoms with Crippen LogP contribution in [0.2, 0.25) is 0 Å². The summed E-state index contributed by atoms with van der Waals surface area (Å²) in [7, 11) is 5.91. The van der Waals surface area contributed by atoms with Crippen molar-refractivity contribution in [2.24, 2.45) is 0 Å². The molecule has 0 spiro atoms. The molecule has 2 aromatic heterocycles. The predicted octanol–water partition coefficient (Wildman–Crippen LogP) is 3.22. The number of para-hydroxylation sites is 1. The van der Waals surface area contributed by atoms with Gasteiger partial charge in [-0.05, 0) is 25.7 Å². The number of anilines is 1. The molecule has 0 saturated heterocycles. The summed E-state index contributed by atoms with van der Waals surface area (Å²) < 4.78 is 0. The van der Waals surface area contributed by atoms with Crippen molar-refractivity contribution in [3.63, 3.8) is 0 Å². The van der Waals surface area contributed by atoms with Gasteiger partial charge in [-0.1, -0.05) is 25.1 Å². The number of fused-ring (bicyclic) bond motifs is 2. The fourth-order valence-electron chi connectivity index (χ4n) is 2.48. The van der Waals surface area contributed by atoms with Crippen LogP contribution in [0.15, 0.2) is 42.3 Å². The molecule has 3 aromatic rings. The van der Waals surface area contributed by atoms with Crippen molar-refractivity contribution in [1.29, 1.82) is 0 Å². The molecule has 0 bridgehead atoms. The SMILES string of the molecule is C=O.CC1CN(C)c2ccccc21.CNC.[HH].c1ncc2ncsc2n1. The second kappa shape index (κ2) is 11.2. The number of thiazole rings is 1. The van der Waals surface area contributed by atoms with Gasteiger partial charge in [-0.25, -0.2) is 15.0 Å². The molecule has 6 nitrogen and oxygen atoms in total. The maximum atomic E-state index is 8.00. The molecule has 1 aliphatic rings. The molecule has 1 aromatic carbocycles. The molecule has 25 heavy (non-hydrogen) atoms. The van der Waals surface area contributed by atoms with E-state index in [2.05, 4.69) is 63.4 Å². The average Bonchev–Trinajstić information content (AvgIpc) is 3.23. The third kappa shape index (κ3) is 5.88. The lowest BCUT2D eigenvalue weighted by molar-refractivity contribution is -0.0979. The van der Waals surface area contributed by atoms with Crippen molar-refractivity contribution < 1.29 is 6.22 Å². The lowest BCUT2D eigenvalue weighted by Gasteiger charge is -2.10. The van der Waals surface area contributed by atoms with Crippen molar-refractivity contribution in [2.45, 2.75) is 12.8 Å². The minimum absolute atomic E-state index is 0. The van der Waals surface area contributed by atoms with Crippen LogP contribution in [0.25, 0.3) is 10.3 Å². The number of aromatic nitrogens is 3. The minimum Gasteiger partial charge on any atom is -0.374 e. The Morgan fingerprint density at radius 3 is 2.60 bits per heavy atom. The molecule has 1 atom stereocenters. The molecule has 1 N–H and O–H groups in total. The topological polar surface area (TPSA) is 71.0 Å². The van der Waals surface area contributed by atoms with Crippen LogP contribution in [0.4, 0.5) is 5.69 Å². The van der Waals surface area contributed by atoms with Gasteiger partial charge in [0, 0.05) is 26.6 Å². The zero-order chi connectivity index (χ0) is 18.7. The lowest BCUT2D eigenvalue weighted by Crippen LogP contribution is -2.13. The van der Waals surface area contributed by atoms with Crippen molar-refractivity contribution >= 4 is 34.2 Å².